The number of methoxy groups -OCH3 is 1. The number of fused-ring (bicyclic) bond motifs is 2. The second-order valence-electron chi connectivity index (χ2n) is 9.13. The fourth-order valence-corrected chi connectivity index (χ4v) is 7.43. The van der Waals surface area contributed by atoms with Crippen molar-refractivity contribution in [1.82, 2.24) is 4.57 Å². The summed E-state index contributed by atoms with van der Waals surface area (Å²) in [5.41, 5.74) is 2.34. The minimum absolute atomic E-state index is 0.0242. The number of thiazole rings is 1. The number of amides is 2. The first-order valence-corrected chi connectivity index (χ1v) is 16.2. The Morgan fingerprint density at radius 1 is 1.00 bits per heavy atom. The zero-order valence-corrected chi connectivity index (χ0v) is 25.9. The first-order valence-electron chi connectivity index (χ1n) is 13.4. The zero-order valence-electron chi connectivity index (χ0n) is 23.5. The SMILES string of the molecule is CCOC(=O)c1ccc2c(c1)sc(=NC(=O)CSCC(=O)Nc1sc3c(c1C(=O)OCC)CCCC3)n2CC(=O)OC. The fraction of sp³-hybridized carbons (Fsp3) is 0.429. The standard InChI is InChI=1S/C28H31N3O8S3/c1-4-38-26(35)16-10-11-18-20(12-16)42-28(31(18)13-23(34)37-3)30-22(33)15-40-14-21(32)29-25-24(27(36)39-5-2)17-8-6-7-9-19(17)41-25/h10-12H,4-9,13-15H2,1-3H3,(H,29,32). The number of carbonyl (C=O) groups excluding carboxylic acids is 5. The summed E-state index contributed by atoms with van der Waals surface area (Å²) in [4.78, 5) is 67.9. The molecule has 11 nitrogen and oxygen atoms in total. The van der Waals surface area contributed by atoms with Crippen LogP contribution in [0.25, 0.3) is 10.2 Å². The van der Waals surface area contributed by atoms with Crippen LogP contribution in [0.3, 0.4) is 0 Å². The number of benzene rings is 1. The molecule has 42 heavy (non-hydrogen) atoms. The number of aromatic nitrogens is 1. The van der Waals surface area contributed by atoms with Crippen LogP contribution in [0.15, 0.2) is 23.2 Å². The van der Waals surface area contributed by atoms with E-state index < -0.39 is 23.8 Å². The van der Waals surface area contributed by atoms with Crippen molar-refractivity contribution in [3.8, 4) is 0 Å². The molecule has 14 heteroatoms. The quantitative estimate of drug-likeness (QED) is 0.245. The molecule has 0 unspecified atom stereocenters. The summed E-state index contributed by atoms with van der Waals surface area (Å²) in [6.07, 6.45) is 3.66. The maximum atomic E-state index is 12.8. The minimum atomic E-state index is -0.526. The van der Waals surface area contributed by atoms with Crippen LogP contribution in [0.4, 0.5) is 5.00 Å². The Balaban J connectivity index is 1.46. The predicted octanol–water partition coefficient (Wildman–Crippen LogP) is 3.97. The van der Waals surface area contributed by atoms with E-state index in [4.69, 9.17) is 14.2 Å². The van der Waals surface area contributed by atoms with Gasteiger partial charge in [-0.25, -0.2) is 9.59 Å². The molecule has 224 valence electrons. The highest BCUT2D eigenvalue weighted by atomic mass is 32.2. The summed E-state index contributed by atoms with van der Waals surface area (Å²) in [6.45, 7) is 3.75. The Morgan fingerprint density at radius 3 is 2.48 bits per heavy atom. The number of thiophene rings is 1. The average molecular weight is 634 g/mol. The highest BCUT2D eigenvalue weighted by Crippen LogP contribution is 2.38. The summed E-state index contributed by atoms with van der Waals surface area (Å²) in [6, 6.07) is 4.87. The smallest absolute Gasteiger partial charge is 0.341 e. The lowest BCUT2D eigenvalue weighted by Gasteiger charge is -2.12. The van der Waals surface area contributed by atoms with Gasteiger partial charge in [0.15, 0.2) is 4.80 Å². The Morgan fingerprint density at radius 2 is 1.74 bits per heavy atom. The molecule has 0 fully saturated rings. The monoisotopic (exact) mass is 633 g/mol. The van der Waals surface area contributed by atoms with Gasteiger partial charge in [-0.3, -0.25) is 14.4 Å². The molecule has 1 aliphatic rings. The van der Waals surface area contributed by atoms with Crippen LogP contribution in [0.2, 0.25) is 0 Å². The van der Waals surface area contributed by atoms with Crippen molar-refractivity contribution in [2.24, 2.45) is 4.99 Å². The second-order valence-corrected chi connectivity index (χ2v) is 12.2. The number of rotatable bonds is 11. The third-order valence-electron chi connectivity index (χ3n) is 6.29. The number of hydrogen-bond donors (Lipinski definition) is 1. The molecular weight excluding hydrogens is 603 g/mol. The number of nitrogens with zero attached hydrogens (tertiary/aromatic N) is 2. The van der Waals surface area contributed by atoms with E-state index >= 15 is 0 Å². The lowest BCUT2D eigenvalue weighted by molar-refractivity contribution is -0.141. The van der Waals surface area contributed by atoms with E-state index in [9.17, 15) is 24.0 Å². The molecule has 0 aliphatic heterocycles. The molecule has 2 amide bonds. The van der Waals surface area contributed by atoms with Crippen molar-refractivity contribution in [3.05, 3.63) is 44.6 Å². The number of thioether (sulfide) groups is 1. The fourth-order valence-electron chi connectivity index (χ4n) is 4.45. The lowest BCUT2D eigenvalue weighted by atomic mass is 9.95. The summed E-state index contributed by atoms with van der Waals surface area (Å²) in [5, 5.41) is 3.32. The molecule has 1 N–H and O–H groups in total. The Kier molecular flexibility index (Phi) is 10.9. The van der Waals surface area contributed by atoms with Gasteiger partial charge in [-0.2, -0.15) is 4.99 Å². The summed E-state index contributed by atoms with van der Waals surface area (Å²) in [5.74, 6) is -2.39. The highest BCUT2D eigenvalue weighted by Gasteiger charge is 2.27. The van der Waals surface area contributed by atoms with Gasteiger partial charge in [-0.05, 0) is 63.3 Å². The third kappa shape index (κ3) is 7.47. The number of carbonyl (C=O) groups is 5. The van der Waals surface area contributed by atoms with Crippen molar-refractivity contribution >= 4 is 79.4 Å². The van der Waals surface area contributed by atoms with Crippen LogP contribution in [-0.4, -0.2) is 66.1 Å². The molecule has 4 rings (SSSR count). The van der Waals surface area contributed by atoms with E-state index in [2.05, 4.69) is 10.3 Å². The normalized spacial score (nSPS) is 13.0. The topological polar surface area (TPSA) is 142 Å². The van der Waals surface area contributed by atoms with Crippen LogP contribution >= 0.6 is 34.4 Å². The number of hydrogen-bond acceptors (Lipinski definition) is 11. The minimum Gasteiger partial charge on any atom is -0.468 e. The molecule has 0 saturated carbocycles. The third-order valence-corrected chi connectivity index (χ3v) is 9.46. The van der Waals surface area contributed by atoms with Crippen LogP contribution in [-0.2, 0) is 48.0 Å². The van der Waals surface area contributed by atoms with Crippen LogP contribution in [0.1, 0.15) is 57.8 Å². The molecule has 3 aromatic rings. The molecule has 0 bridgehead atoms. The van der Waals surface area contributed by atoms with E-state index in [0.29, 0.717) is 26.3 Å². The van der Waals surface area contributed by atoms with Crippen molar-refractivity contribution in [2.75, 3.05) is 37.1 Å². The first-order chi connectivity index (χ1) is 20.2. The van der Waals surface area contributed by atoms with Crippen molar-refractivity contribution in [1.29, 1.82) is 0 Å². The Hall–Kier alpha value is -3.49. The average Bonchev–Trinajstić information content (AvgIpc) is 3.49. The Labute approximate surface area is 254 Å². The van der Waals surface area contributed by atoms with E-state index in [-0.39, 0.29) is 42.0 Å². The lowest BCUT2D eigenvalue weighted by Crippen LogP contribution is -2.23. The molecular formula is C28H31N3O8S3. The van der Waals surface area contributed by atoms with E-state index in [0.717, 1.165) is 59.2 Å². The van der Waals surface area contributed by atoms with Gasteiger partial charge in [0.1, 0.15) is 11.5 Å². The van der Waals surface area contributed by atoms with Crippen molar-refractivity contribution in [3.63, 3.8) is 0 Å². The van der Waals surface area contributed by atoms with Gasteiger partial charge in [-0.15, -0.1) is 23.1 Å². The summed E-state index contributed by atoms with van der Waals surface area (Å²) in [7, 11) is 1.26. The number of ether oxygens (including phenoxy) is 3. The van der Waals surface area contributed by atoms with E-state index in [1.807, 2.05) is 0 Å². The van der Waals surface area contributed by atoms with Gasteiger partial charge in [-0.1, -0.05) is 11.3 Å². The van der Waals surface area contributed by atoms with E-state index in [1.165, 1.54) is 18.4 Å². The zero-order chi connectivity index (χ0) is 30.2. The number of aryl methyl sites for hydroxylation is 1. The number of anilines is 1. The highest BCUT2D eigenvalue weighted by molar-refractivity contribution is 8.00. The van der Waals surface area contributed by atoms with Gasteiger partial charge in [0.2, 0.25) is 5.91 Å². The molecule has 0 radical (unpaired) electrons. The number of esters is 3. The van der Waals surface area contributed by atoms with Gasteiger partial charge >= 0.3 is 17.9 Å². The molecule has 2 aromatic heterocycles. The van der Waals surface area contributed by atoms with Gasteiger partial charge in [0.05, 0.1) is 53.2 Å². The van der Waals surface area contributed by atoms with E-state index in [1.54, 1.807) is 36.6 Å². The predicted molar refractivity (Wildman–Crippen MR) is 161 cm³/mol. The molecule has 2 heterocycles. The molecule has 0 saturated heterocycles. The molecule has 1 aromatic carbocycles. The maximum Gasteiger partial charge on any atom is 0.341 e. The summed E-state index contributed by atoms with van der Waals surface area (Å²) >= 11 is 3.64. The van der Waals surface area contributed by atoms with Crippen LogP contribution in [0, 0.1) is 0 Å². The van der Waals surface area contributed by atoms with Gasteiger partial charge in [0.25, 0.3) is 5.91 Å². The largest absolute Gasteiger partial charge is 0.468 e. The summed E-state index contributed by atoms with van der Waals surface area (Å²) < 4.78 is 17.3. The molecule has 0 spiro atoms. The van der Waals surface area contributed by atoms with Crippen molar-refractivity contribution < 1.29 is 38.2 Å². The second kappa shape index (κ2) is 14.6. The van der Waals surface area contributed by atoms with Crippen LogP contribution < -0.4 is 10.1 Å². The molecule has 0 atom stereocenters. The first kappa shape index (κ1) is 31.4. The van der Waals surface area contributed by atoms with Gasteiger partial charge in [0, 0.05) is 4.88 Å². The van der Waals surface area contributed by atoms with Gasteiger partial charge < -0.3 is 24.1 Å². The van der Waals surface area contributed by atoms with Crippen LogP contribution in [0.5, 0.6) is 0 Å². The Bertz CT molecular complexity index is 1590. The molecule has 1 aliphatic carbocycles. The maximum absolute atomic E-state index is 12.8. The van der Waals surface area contributed by atoms with Crippen molar-refractivity contribution in [2.45, 2.75) is 46.1 Å². The number of nitrogens with one attached hydrogen (secondary N) is 1.